The lowest BCUT2D eigenvalue weighted by molar-refractivity contribution is -0.134. The molecule has 1 fully saturated rings. The van der Waals surface area contributed by atoms with E-state index in [1.807, 2.05) is 4.90 Å². The summed E-state index contributed by atoms with van der Waals surface area (Å²) in [6, 6.07) is -0.0276. The van der Waals surface area contributed by atoms with Crippen LogP contribution >= 0.6 is 0 Å². The number of likely N-dealkylation sites (tertiary alicyclic amines) is 1. The zero-order valence-electron chi connectivity index (χ0n) is 13.3. The van der Waals surface area contributed by atoms with E-state index in [9.17, 15) is 4.79 Å². The van der Waals surface area contributed by atoms with Gasteiger partial charge in [0.05, 0.1) is 6.04 Å². The van der Waals surface area contributed by atoms with Crippen molar-refractivity contribution in [1.29, 1.82) is 0 Å². The molecule has 118 valence electrons. The first kappa shape index (κ1) is 15.9. The predicted octanol–water partition coefficient (Wildman–Crippen LogP) is 1.69. The summed E-state index contributed by atoms with van der Waals surface area (Å²) in [5.41, 5.74) is 5.98. The molecule has 2 rings (SSSR count). The van der Waals surface area contributed by atoms with Gasteiger partial charge in [-0.15, -0.1) is 10.2 Å². The maximum Gasteiger partial charge on any atom is 0.239 e. The summed E-state index contributed by atoms with van der Waals surface area (Å²) in [6.45, 7) is 7.81. The quantitative estimate of drug-likeness (QED) is 0.896. The fourth-order valence-corrected chi connectivity index (χ4v) is 3.00. The lowest BCUT2D eigenvalue weighted by Crippen LogP contribution is -2.47. The summed E-state index contributed by atoms with van der Waals surface area (Å²) < 4.78 is 2.10. The minimum Gasteiger partial charge on any atom is -0.341 e. The zero-order chi connectivity index (χ0) is 15.4. The second-order valence-electron chi connectivity index (χ2n) is 6.21. The van der Waals surface area contributed by atoms with Gasteiger partial charge in [0.15, 0.2) is 0 Å². The number of rotatable bonds is 5. The van der Waals surface area contributed by atoms with Crippen molar-refractivity contribution in [2.45, 2.75) is 64.5 Å². The third-order valence-electron chi connectivity index (χ3n) is 4.17. The Hall–Kier alpha value is -1.43. The second kappa shape index (κ2) is 7.02. The van der Waals surface area contributed by atoms with Crippen LogP contribution in [0.25, 0.3) is 0 Å². The molecule has 2 unspecified atom stereocenters. The molecule has 21 heavy (non-hydrogen) atoms. The number of amides is 1. The van der Waals surface area contributed by atoms with Crippen LogP contribution in [0.3, 0.4) is 0 Å². The molecule has 0 radical (unpaired) electrons. The van der Waals surface area contributed by atoms with E-state index in [0.29, 0.717) is 12.6 Å². The number of carbonyl (C=O) groups is 1. The van der Waals surface area contributed by atoms with Gasteiger partial charge in [-0.25, -0.2) is 0 Å². The first-order valence-electron chi connectivity index (χ1n) is 7.98. The van der Waals surface area contributed by atoms with Crippen molar-refractivity contribution >= 4 is 5.91 Å². The Bertz CT molecular complexity index is 470. The largest absolute Gasteiger partial charge is 0.341 e. The number of hydrogen-bond acceptors (Lipinski definition) is 4. The maximum absolute atomic E-state index is 12.4. The lowest BCUT2D eigenvalue weighted by atomic mass is 9.96. The summed E-state index contributed by atoms with van der Waals surface area (Å²) in [7, 11) is 0. The number of piperidine rings is 1. The molecule has 1 aromatic heterocycles. The van der Waals surface area contributed by atoms with E-state index < -0.39 is 0 Å². The van der Waals surface area contributed by atoms with Crippen molar-refractivity contribution in [2.24, 2.45) is 5.73 Å². The topological polar surface area (TPSA) is 77.0 Å². The van der Waals surface area contributed by atoms with Gasteiger partial charge in [0.1, 0.15) is 12.2 Å². The standard InChI is InChI=1S/C15H27N5O/c1-4-6-13(16)15(21)19-8-5-7-12(9-19)14-18-17-10-20(14)11(2)3/h10-13H,4-9,16H2,1-3H3. The van der Waals surface area contributed by atoms with E-state index in [0.717, 1.165) is 38.1 Å². The molecular weight excluding hydrogens is 266 g/mol. The van der Waals surface area contributed by atoms with Crippen LogP contribution in [0.15, 0.2) is 6.33 Å². The average Bonchev–Trinajstić information content (AvgIpc) is 2.96. The van der Waals surface area contributed by atoms with Gasteiger partial charge in [-0.1, -0.05) is 13.3 Å². The molecular formula is C15H27N5O. The first-order valence-corrected chi connectivity index (χ1v) is 7.98. The van der Waals surface area contributed by atoms with Crippen molar-refractivity contribution in [1.82, 2.24) is 19.7 Å². The maximum atomic E-state index is 12.4. The van der Waals surface area contributed by atoms with Gasteiger partial charge in [0.25, 0.3) is 0 Å². The SMILES string of the molecule is CCCC(N)C(=O)N1CCCC(c2nncn2C(C)C)C1. The van der Waals surface area contributed by atoms with E-state index in [1.165, 1.54) is 0 Å². The Morgan fingerprint density at radius 2 is 2.29 bits per heavy atom. The van der Waals surface area contributed by atoms with Crippen LogP contribution in [0.4, 0.5) is 0 Å². The van der Waals surface area contributed by atoms with Gasteiger partial charge >= 0.3 is 0 Å². The predicted molar refractivity (Wildman–Crippen MR) is 81.8 cm³/mol. The van der Waals surface area contributed by atoms with Crippen molar-refractivity contribution < 1.29 is 4.79 Å². The molecule has 2 heterocycles. The summed E-state index contributed by atoms with van der Waals surface area (Å²) in [5, 5.41) is 8.32. The third kappa shape index (κ3) is 3.61. The number of carbonyl (C=O) groups excluding carboxylic acids is 1. The molecule has 2 N–H and O–H groups in total. The van der Waals surface area contributed by atoms with Gasteiger partial charge in [0, 0.05) is 25.0 Å². The van der Waals surface area contributed by atoms with Crippen molar-refractivity contribution in [2.75, 3.05) is 13.1 Å². The molecule has 1 aliphatic rings. The van der Waals surface area contributed by atoms with Crippen LogP contribution in [0.5, 0.6) is 0 Å². The van der Waals surface area contributed by atoms with E-state index >= 15 is 0 Å². The first-order chi connectivity index (χ1) is 10.0. The highest BCUT2D eigenvalue weighted by atomic mass is 16.2. The van der Waals surface area contributed by atoms with Gasteiger partial charge < -0.3 is 15.2 Å². The molecule has 2 atom stereocenters. The minimum absolute atomic E-state index is 0.0807. The van der Waals surface area contributed by atoms with E-state index in [-0.39, 0.29) is 17.9 Å². The molecule has 0 saturated carbocycles. The molecule has 6 heteroatoms. The molecule has 1 aliphatic heterocycles. The molecule has 0 aromatic carbocycles. The number of aromatic nitrogens is 3. The molecule has 0 bridgehead atoms. The smallest absolute Gasteiger partial charge is 0.239 e. The Labute approximate surface area is 126 Å². The van der Waals surface area contributed by atoms with Crippen LogP contribution in [0.2, 0.25) is 0 Å². The highest BCUT2D eigenvalue weighted by Gasteiger charge is 2.30. The summed E-state index contributed by atoms with van der Waals surface area (Å²) in [4.78, 5) is 14.3. The second-order valence-corrected chi connectivity index (χ2v) is 6.21. The van der Waals surface area contributed by atoms with Crippen LogP contribution in [0, 0.1) is 0 Å². The monoisotopic (exact) mass is 293 g/mol. The highest BCUT2D eigenvalue weighted by Crippen LogP contribution is 2.27. The fraction of sp³-hybridized carbons (Fsp3) is 0.800. The van der Waals surface area contributed by atoms with Gasteiger partial charge in [0.2, 0.25) is 5.91 Å². The lowest BCUT2D eigenvalue weighted by Gasteiger charge is -2.34. The summed E-state index contributed by atoms with van der Waals surface area (Å²) >= 11 is 0. The fourth-order valence-electron chi connectivity index (χ4n) is 3.00. The van der Waals surface area contributed by atoms with E-state index in [4.69, 9.17) is 5.73 Å². The van der Waals surface area contributed by atoms with Crippen LogP contribution < -0.4 is 5.73 Å². The van der Waals surface area contributed by atoms with Gasteiger partial charge in [-0.2, -0.15) is 0 Å². The molecule has 1 aromatic rings. The molecule has 1 saturated heterocycles. The van der Waals surface area contributed by atoms with E-state index in [2.05, 4.69) is 35.5 Å². The molecule has 6 nitrogen and oxygen atoms in total. The molecule has 0 spiro atoms. The minimum atomic E-state index is -0.364. The summed E-state index contributed by atoms with van der Waals surface area (Å²) in [6.07, 6.45) is 5.52. The van der Waals surface area contributed by atoms with Crippen LogP contribution in [-0.2, 0) is 4.79 Å². The van der Waals surface area contributed by atoms with Crippen molar-refractivity contribution in [3.05, 3.63) is 12.2 Å². The number of nitrogens with zero attached hydrogens (tertiary/aromatic N) is 4. The van der Waals surface area contributed by atoms with Gasteiger partial charge in [-0.3, -0.25) is 4.79 Å². The van der Waals surface area contributed by atoms with Gasteiger partial charge in [-0.05, 0) is 33.1 Å². The van der Waals surface area contributed by atoms with Crippen molar-refractivity contribution in [3.63, 3.8) is 0 Å². The Kier molecular flexibility index (Phi) is 5.33. The molecule has 0 aliphatic carbocycles. The van der Waals surface area contributed by atoms with Crippen LogP contribution in [0.1, 0.15) is 64.2 Å². The zero-order valence-corrected chi connectivity index (χ0v) is 13.3. The Morgan fingerprint density at radius 3 is 2.95 bits per heavy atom. The summed E-state index contributed by atoms with van der Waals surface area (Å²) in [5.74, 6) is 1.34. The van der Waals surface area contributed by atoms with E-state index in [1.54, 1.807) is 6.33 Å². The molecule has 1 amide bonds. The number of nitrogens with two attached hydrogens (primary N) is 1. The van der Waals surface area contributed by atoms with Crippen molar-refractivity contribution in [3.8, 4) is 0 Å². The highest BCUT2D eigenvalue weighted by molar-refractivity contribution is 5.81. The Balaban J connectivity index is 2.07. The van der Waals surface area contributed by atoms with Crippen LogP contribution in [-0.4, -0.2) is 44.7 Å². The number of hydrogen-bond donors (Lipinski definition) is 1. The Morgan fingerprint density at radius 1 is 1.52 bits per heavy atom. The third-order valence-corrected chi connectivity index (χ3v) is 4.17. The normalized spacial score (nSPS) is 20.8. The average molecular weight is 293 g/mol.